The fourth-order valence-electron chi connectivity index (χ4n) is 1.73. The third-order valence-electron chi connectivity index (χ3n) is 2.62. The minimum atomic E-state index is 0.541. The average Bonchev–Trinajstić information content (AvgIpc) is 2.34. The highest BCUT2D eigenvalue weighted by molar-refractivity contribution is 5.52. The standard InChI is InChI=1S/C9H11N3O/c1-12-9(7-3-2-4-7)8(5-11-12)10-6-13/h5,7H,2-4H2,1H3. The third kappa shape index (κ3) is 1.29. The number of rotatable bonds is 2. The zero-order valence-corrected chi connectivity index (χ0v) is 7.53. The van der Waals surface area contributed by atoms with Gasteiger partial charge in [-0.2, -0.15) is 10.1 Å². The van der Waals surface area contributed by atoms with Crippen LogP contribution in [0.1, 0.15) is 30.9 Å². The molecule has 0 spiro atoms. The summed E-state index contributed by atoms with van der Waals surface area (Å²) in [5.74, 6) is 0.541. The number of nitrogens with zero attached hydrogens (tertiary/aromatic N) is 3. The van der Waals surface area contributed by atoms with Crippen molar-refractivity contribution in [2.45, 2.75) is 25.2 Å². The Morgan fingerprint density at radius 3 is 3.00 bits per heavy atom. The van der Waals surface area contributed by atoms with Crippen LogP contribution in [-0.4, -0.2) is 15.9 Å². The molecule has 0 radical (unpaired) electrons. The molecule has 0 aliphatic heterocycles. The maximum Gasteiger partial charge on any atom is 0.240 e. The van der Waals surface area contributed by atoms with E-state index in [2.05, 4.69) is 10.1 Å². The summed E-state index contributed by atoms with van der Waals surface area (Å²) in [7, 11) is 1.89. The summed E-state index contributed by atoms with van der Waals surface area (Å²) in [5.41, 5.74) is 1.76. The normalized spacial score (nSPS) is 16.4. The monoisotopic (exact) mass is 177 g/mol. The molecule has 1 heterocycles. The topological polar surface area (TPSA) is 47.2 Å². The van der Waals surface area contributed by atoms with Crippen molar-refractivity contribution in [3.63, 3.8) is 0 Å². The van der Waals surface area contributed by atoms with E-state index in [-0.39, 0.29) is 0 Å². The first kappa shape index (κ1) is 8.20. The number of isocyanates is 1. The van der Waals surface area contributed by atoms with Crippen molar-refractivity contribution in [3.05, 3.63) is 11.9 Å². The largest absolute Gasteiger partial charge is 0.270 e. The third-order valence-corrected chi connectivity index (χ3v) is 2.62. The molecule has 0 unspecified atom stereocenters. The van der Waals surface area contributed by atoms with E-state index in [0.717, 1.165) is 5.69 Å². The molecule has 68 valence electrons. The lowest BCUT2D eigenvalue weighted by atomic mass is 9.82. The van der Waals surface area contributed by atoms with Gasteiger partial charge in [0.1, 0.15) is 5.69 Å². The molecular weight excluding hydrogens is 166 g/mol. The van der Waals surface area contributed by atoms with Crippen LogP contribution in [0.2, 0.25) is 0 Å². The van der Waals surface area contributed by atoms with E-state index in [1.54, 1.807) is 17.0 Å². The van der Waals surface area contributed by atoms with Crippen LogP contribution in [0.3, 0.4) is 0 Å². The van der Waals surface area contributed by atoms with Crippen molar-refractivity contribution in [1.82, 2.24) is 9.78 Å². The number of aliphatic imine (C=N–C) groups is 1. The Kier molecular flexibility index (Phi) is 1.99. The first-order valence-electron chi connectivity index (χ1n) is 4.42. The lowest BCUT2D eigenvalue weighted by molar-refractivity contribution is 0.398. The SMILES string of the molecule is Cn1ncc(N=C=O)c1C1CCC1. The van der Waals surface area contributed by atoms with Crippen LogP contribution in [0.4, 0.5) is 5.69 Å². The fraction of sp³-hybridized carbons (Fsp3) is 0.556. The van der Waals surface area contributed by atoms with Crippen molar-refractivity contribution >= 4 is 11.8 Å². The Balaban J connectivity index is 2.39. The van der Waals surface area contributed by atoms with E-state index < -0.39 is 0 Å². The maximum absolute atomic E-state index is 10.1. The molecule has 4 nitrogen and oxygen atoms in total. The van der Waals surface area contributed by atoms with Crippen LogP contribution in [0.15, 0.2) is 11.2 Å². The van der Waals surface area contributed by atoms with Crippen LogP contribution >= 0.6 is 0 Å². The molecule has 0 bridgehead atoms. The highest BCUT2D eigenvalue weighted by Crippen LogP contribution is 2.40. The molecule has 1 aliphatic carbocycles. The Hall–Kier alpha value is -1.41. The molecule has 13 heavy (non-hydrogen) atoms. The van der Waals surface area contributed by atoms with Gasteiger partial charge >= 0.3 is 0 Å². The number of hydrogen-bond acceptors (Lipinski definition) is 3. The summed E-state index contributed by atoms with van der Waals surface area (Å²) in [6.07, 6.45) is 6.81. The summed E-state index contributed by atoms with van der Waals surface area (Å²) < 4.78 is 1.81. The molecule has 1 aromatic heterocycles. The van der Waals surface area contributed by atoms with E-state index in [4.69, 9.17) is 0 Å². The zero-order valence-electron chi connectivity index (χ0n) is 7.53. The van der Waals surface area contributed by atoms with Gasteiger partial charge in [0.25, 0.3) is 0 Å². The minimum absolute atomic E-state index is 0.541. The molecule has 1 fully saturated rings. The Bertz CT molecular complexity index is 359. The van der Waals surface area contributed by atoms with E-state index in [0.29, 0.717) is 11.6 Å². The Morgan fingerprint density at radius 2 is 2.46 bits per heavy atom. The van der Waals surface area contributed by atoms with Gasteiger partial charge in [-0.05, 0) is 12.8 Å². The molecule has 1 aliphatic rings. The number of aryl methyl sites for hydroxylation is 1. The van der Waals surface area contributed by atoms with Crippen LogP contribution in [0.25, 0.3) is 0 Å². The second kappa shape index (κ2) is 3.15. The maximum atomic E-state index is 10.1. The lowest BCUT2D eigenvalue weighted by Gasteiger charge is -2.25. The van der Waals surface area contributed by atoms with E-state index in [9.17, 15) is 4.79 Å². The molecule has 0 atom stereocenters. The van der Waals surface area contributed by atoms with E-state index in [1.165, 1.54) is 19.3 Å². The van der Waals surface area contributed by atoms with Crippen molar-refractivity contribution in [1.29, 1.82) is 0 Å². The van der Waals surface area contributed by atoms with Gasteiger partial charge in [-0.25, -0.2) is 4.79 Å². The summed E-state index contributed by atoms with van der Waals surface area (Å²) >= 11 is 0. The van der Waals surface area contributed by atoms with Gasteiger partial charge in [-0.1, -0.05) is 6.42 Å². The van der Waals surface area contributed by atoms with Crippen molar-refractivity contribution in [2.24, 2.45) is 12.0 Å². The molecule has 0 aromatic carbocycles. The first-order valence-corrected chi connectivity index (χ1v) is 4.42. The van der Waals surface area contributed by atoms with E-state index in [1.807, 2.05) is 7.05 Å². The smallest absolute Gasteiger partial charge is 0.240 e. The average molecular weight is 177 g/mol. The highest BCUT2D eigenvalue weighted by Gasteiger charge is 2.25. The molecule has 2 rings (SSSR count). The molecule has 1 aromatic rings. The number of aromatic nitrogens is 2. The molecular formula is C9H11N3O. The lowest BCUT2D eigenvalue weighted by Crippen LogP contribution is -2.13. The Labute approximate surface area is 76.3 Å². The van der Waals surface area contributed by atoms with Crippen molar-refractivity contribution in [2.75, 3.05) is 0 Å². The van der Waals surface area contributed by atoms with Crippen LogP contribution in [-0.2, 0) is 11.8 Å². The molecule has 0 N–H and O–H groups in total. The fourth-order valence-corrected chi connectivity index (χ4v) is 1.73. The highest BCUT2D eigenvalue weighted by atomic mass is 16.1. The second-order valence-corrected chi connectivity index (χ2v) is 3.37. The van der Waals surface area contributed by atoms with Gasteiger partial charge in [0.2, 0.25) is 6.08 Å². The van der Waals surface area contributed by atoms with Gasteiger partial charge in [0.15, 0.2) is 0 Å². The predicted molar refractivity (Wildman–Crippen MR) is 47.6 cm³/mol. The second-order valence-electron chi connectivity index (χ2n) is 3.37. The quantitative estimate of drug-likeness (QED) is 0.509. The molecule has 4 heteroatoms. The van der Waals surface area contributed by atoms with Crippen LogP contribution in [0.5, 0.6) is 0 Å². The van der Waals surface area contributed by atoms with E-state index >= 15 is 0 Å². The van der Waals surface area contributed by atoms with Crippen LogP contribution < -0.4 is 0 Å². The van der Waals surface area contributed by atoms with Crippen molar-refractivity contribution < 1.29 is 4.79 Å². The van der Waals surface area contributed by atoms with Gasteiger partial charge in [0, 0.05) is 13.0 Å². The molecule has 1 saturated carbocycles. The summed E-state index contributed by atoms with van der Waals surface area (Å²) in [5, 5.41) is 4.08. The van der Waals surface area contributed by atoms with Crippen molar-refractivity contribution in [3.8, 4) is 0 Å². The molecule has 0 saturated heterocycles. The Morgan fingerprint density at radius 1 is 1.69 bits per heavy atom. The van der Waals surface area contributed by atoms with Crippen LogP contribution in [0, 0.1) is 0 Å². The summed E-state index contributed by atoms with van der Waals surface area (Å²) in [4.78, 5) is 13.8. The minimum Gasteiger partial charge on any atom is -0.270 e. The first-order chi connectivity index (χ1) is 6.33. The van der Waals surface area contributed by atoms with Gasteiger partial charge in [-0.15, -0.1) is 0 Å². The predicted octanol–water partition coefficient (Wildman–Crippen LogP) is 1.65. The summed E-state index contributed by atoms with van der Waals surface area (Å²) in [6, 6.07) is 0. The summed E-state index contributed by atoms with van der Waals surface area (Å²) in [6.45, 7) is 0. The zero-order chi connectivity index (χ0) is 9.26. The van der Waals surface area contributed by atoms with Gasteiger partial charge in [-0.3, -0.25) is 4.68 Å². The number of carbonyl (C=O) groups excluding carboxylic acids is 1. The number of hydrogen-bond donors (Lipinski definition) is 0. The van der Waals surface area contributed by atoms with Gasteiger partial charge in [0.05, 0.1) is 11.9 Å². The van der Waals surface area contributed by atoms with Gasteiger partial charge < -0.3 is 0 Å². The molecule has 0 amide bonds.